The lowest BCUT2D eigenvalue weighted by atomic mass is 10.1. The van der Waals surface area contributed by atoms with Gasteiger partial charge in [-0.2, -0.15) is 0 Å². The Kier molecular flexibility index (Phi) is 4.96. The minimum atomic E-state index is -2.81. The summed E-state index contributed by atoms with van der Waals surface area (Å²) < 4.78 is 25.5. The Hall–Kier alpha value is -1.76. The third-order valence-electron chi connectivity index (χ3n) is 2.48. The first kappa shape index (κ1) is 14.3. The number of benzene rings is 1. The zero-order valence-electron chi connectivity index (χ0n) is 9.77. The standard InChI is InChI=1S/C11H14F2N2O3/c1-2-8(16)6-14-10-4-3-7(15(17)18)5-9(10)11(12)13/h3-5,8,11,14,16H,2,6H2,1H3. The molecular weight excluding hydrogens is 246 g/mol. The Labute approximate surface area is 103 Å². The number of aliphatic hydroxyl groups is 1. The number of alkyl halides is 2. The summed E-state index contributed by atoms with van der Waals surface area (Å²) >= 11 is 0. The summed E-state index contributed by atoms with van der Waals surface area (Å²) in [5, 5.41) is 22.5. The van der Waals surface area contributed by atoms with Gasteiger partial charge in [-0.15, -0.1) is 0 Å². The van der Waals surface area contributed by atoms with Gasteiger partial charge in [0.15, 0.2) is 0 Å². The molecule has 1 rings (SSSR count). The van der Waals surface area contributed by atoms with Gasteiger partial charge in [-0.1, -0.05) is 6.92 Å². The van der Waals surface area contributed by atoms with E-state index < -0.39 is 23.0 Å². The molecule has 7 heteroatoms. The van der Waals surface area contributed by atoms with Crippen LogP contribution in [0, 0.1) is 10.1 Å². The molecule has 0 saturated heterocycles. The molecular formula is C11H14F2N2O3. The van der Waals surface area contributed by atoms with Crippen LogP contribution < -0.4 is 5.32 Å². The lowest BCUT2D eigenvalue weighted by Crippen LogP contribution is -2.19. The van der Waals surface area contributed by atoms with Gasteiger partial charge in [-0.25, -0.2) is 8.78 Å². The van der Waals surface area contributed by atoms with Gasteiger partial charge in [0.1, 0.15) is 0 Å². The summed E-state index contributed by atoms with van der Waals surface area (Å²) in [7, 11) is 0. The topological polar surface area (TPSA) is 75.4 Å². The Morgan fingerprint density at radius 1 is 1.50 bits per heavy atom. The van der Waals surface area contributed by atoms with Crippen LogP contribution in [0.5, 0.6) is 0 Å². The average molecular weight is 260 g/mol. The average Bonchev–Trinajstić information content (AvgIpc) is 2.35. The summed E-state index contributed by atoms with van der Waals surface area (Å²) in [6, 6.07) is 3.21. The van der Waals surface area contributed by atoms with Gasteiger partial charge >= 0.3 is 0 Å². The van der Waals surface area contributed by atoms with Crippen LogP contribution >= 0.6 is 0 Å². The number of nitro groups is 1. The predicted molar refractivity (Wildman–Crippen MR) is 62.8 cm³/mol. The van der Waals surface area contributed by atoms with Crippen molar-refractivity contribution in [1.82, 2.24) is 0 Å². The molecule has 1 atom stereocenters. The summed E-state index contributed by atoms with van der Waals surface area (Å²) in [5.41, 5.74) is -0.720. The van der Waals surface area contributed by atoms with Crippen LogP contribution in [0.3, 0.4) is 0 Å². The van der Waals surface area contributed by atoms with Gasteiger partial charge in [0, 0.05) is 29.9 Å². The minimum Gasteiger partial charge on any atom is -0.391 e. The van der Waals surface area contributed by atoms with E-state index in [4.69, 9.17) is 0 Å². The lowest BCUT2D eigenvalue weighted by Gasteiger charge is -2.14. The van der Waals surface area contributed by atoms with Crippen molar-refractivity contribution in [3.63, 3.8) is 0 Å². The van der Waals surface area contributed by atoms with E-state index in [0.717, 1.165) is 12.1 Å². The Balaban J connectivity index is 2.93. The molecule has 18 heavy (non-hydrogen) atoms. The highest BCUT2D eigenvalue weighted by atomic mass is 19.3. The van der Waals surface area contributed by atoms with Crippen molar-refractivity contribution >= 4 is 11.4 Å². The van der Waals surface area contributed by atoms with Crippen LogP contribution in [0.2, 0.25) is 0 Å². The maximum atomic E-state index is 12.8. The van der Waals surface area contributed by atoms with Crippen LogP contribution in [0.15, 0.2) is 18.2 Å². The molecule has 0 aliphatic rings. The van der Waals surface area contributed by atoms with E-state index in [1.807, 2.05) is 0 Å². The molecule has 0 aliphatic heterocycles. The molecule has 0 heterocycles. The molecule has 2 N–H and O–H groups in total. The van der Waals surface area contributed by atoms with Crippen molar-refractivity contribution in [3.8, 4) is 0 Å². The summed E-state index contributed by atoms with van der Waals surface area (Å²) in [4.78, 5) is 9.77. The number of nitro benzene ring substituents is 1. The van der Waals surface area contributed by atoms with Crippen LogP contribution in [0.1, 0.15) is 25.3 Å². The number of rotatable bonds is 6. The highest BCUT2D eigenvalue weighted by molar-refractivity contribution is 5.56. The largest absolute Gasteiger partial charge is 0.391 e. The van der Waals surface area contributed by atoms with Gasteiger partial charge < -0.3 is 10.4 Å². The number of anilines is 1. The van der Waals surface area contributed by atoms with E-state index >= 15 is 0 Å². The third-order valence-corrected chi connectivity index (χ3v) is 2.48. The number of nitrogens with one attached hydrogen (secondary N) is 1. The van der Waals surface area contributed by atoms with Crippen molar-refractivity contribution in [2.45, 2.75) is 25.9 Å². The van der Waals surface area contributed by atoms with Crippen LogP contribution in [-0.4, -0.2) is 22.7 Å². The zero-order chi connectivity index (χ0) is 13.7. The van der Waals surface area contributed by atoms with Crippen molar-refractivity contribution in [3.05, 3.63) is 33.9 Å². The van der Waals surface area contributed by atoms with Crippen LogP contribution in [0.4, 0.5) is 20.2 Å². The third kappa shape index (κ3) is 3.63. The fourth-order valence-electron chi connectivity index (χ4n) is 1.38. The number of hydrogen-bond acceptors (Lipinski definition) is 4. The molecule has 0 amide bonds. The smallest absolute Gasteiger partial charge is 0.270 e. The number of aliphatic hydroxyl groups excluding tert-OH is 1. The van der Waals surface area contributed by atoms with Gasteiger partial charge in [-0.3, -0.25) is 10.1 Å². The predicted octanol–water partition coefficient (Wildman–Crippen LogP) is 2.72. The van der Waals surface area contributed by atoms with Crippen molar-refractivity contribution < 1.29 is 18.8 Å². The summed E-state index contributed by atoms with van der Waals surface area (Å²) in [6.07, 6.45) is -2.97. The van der Waals surface area contributed by atoms with Crippen LogP contribution in [-0.2, 0) is 0 Å². The fraction of sp³-hybridized carbons (Fsp3) is 0.455. The molecule has 1 aromatic rings. The summed E-state index contributed by atoms with van der Waals surface area (Å²) in [6.45, 7) is 1.88. The quantitative estimate of drug-likeness (QED) is 0.609. The second-order valence-electron chi connectivity index (χ2n) is 3.77. The molecule has 0 fully saturated rings. The molecule has 5 nitrogen and oxygen atoms in total. The highest BCUT2D eigenvalue weighted by Gasteiger charge is 2.18. The Bertz CT molecular complexity index is 427. The van der Waals surface area contributed by atoms with E-state index in [-0.39, 0.29) is 17.9 Å². The minimum absolute atomic E-state index is 0.100. The molecule has 100 valence electrons. The number of non-ortho nitro benzene ring substituents is 1. The van der Waals surface area contributed by atoms with E-state index in [2.05, 4.69) is 5.32 Å². The van der Waals surface area contributed by atoms with Gasteiger partial charge in [0.25, 0.3) is 12.1 Å². The number of halogens is 2. The normalized spacial score (nSPS) is 12.5. The van der Waals surface area contributed by atoms with Crippen LogP contribution in [0.25, 0.3) is 0 Å². The van der Waals surface area contributed by atoms with E-state index in [9.17, 15) is 24.0 Å². The molecule has 0 saturated carbocycles. The lowest BCUT2D eigenvalue weighted by molar-refractivity contribution is -0.385. The van der Waals surface area contributed by atoms with Gasteiger partial charge in [-0.05, 0) is 12.5 Å². The monoisotopic (exact) mass is 260 g/mol. The number of hydrogen-bond donors (Lipinski definition) is 2. The molecule has 0 spiro atoms. The maximum Gasteiger partial charge on any atom is 0.270 e. The zero-order valence-corrected chi connectivity index (χ0v) is 9.77. The van der Waals surface area contributed by atoms with E-state index in [1.54, 1.807) is 6.92 Å². The Morgan fingerprint density at radius 3 is 2.67 bits per heavy atom. The van der Waals surface area contributed by atoms with Gasteiger partial charge in [0.2, 0.25) is 0 Å². The molecule has 0 radical (unpaired) electrons. The second-order valence-corrected chi connectivity index (χ2v) is 3.77. The molecule has 1 aromatic carbocycles. The van der Waals surface area contributed by atoms with E-state index in [0.29, 0.717) is 6.42 Å². The molecule has 1 unspecified atom stereocenters. The fourth-order valence-corrected chi connectivity index (χ4v) is 1.38. The van der Waals surface area contributed by atoms with Crippen molar-refractivity contribution in [2.24, 2.45) is 0 Å². The second kappa shape index (κ2) is 6.25. The number of nitrogens with zero attached hydrogens (tertiary/aromatic N) is 1. The maximum absolute atomic E-state index is 12.8. The SMILES string of the molecule is CCC(O)CNc1ccc([N+](=O)[O-])cc1C(F)F. The summed E-state index contributed by atoms with van der Waals surface area (Å²) in [5.74, 6) is 0. The first-order chi connectivity index (χ1) is 8.45. The first-order valence-electron chi connectivity index (χ1n) is 5.44. The molecule has 0 aliphatic carbocycles. The van der Waals surface area contributed by atoms with Crippen molar-refractivity contribution in [1.29, 1.82) is 0 Å². The van der Waals surface area contributed by atoms with Gasteiger partial charge in [0.05, 0.1) is 11.0 Å². The molecule has 0 bridgehead atoms. The highest BCUT2D eigenvalue weighted by Crippen LogP contribution is 2.30. The van der Waals surface area contributed by atoms with Crippen molar-refractivity contribution in [2.75, 3.05) is 11.9 Å². The Morgan fingerprint density at radius 2 is 2.17 bits per heavy atom. The molecule has 0 aromatic heterocycles. The van der Waals surface area contributed by atoms with E-state index in [1.165, 1.54) is 6.07 Å². The first-order valence-corrected chi connectivity index (χ1v) is 5.44.